The molecule has 2 aromatic rings. The van der Waals surface area contributed by atoms with Crippen LogP contribution in [-0.2, 0) is 9.47 Å². The topological polar surface area (TPSA) is 77.3 Å². The van der Waals surface area contributed by atoms with Gasteiger partial charge in [0.2, 0.25) is 0 Å². The summed E-state index contributed by atoms with van der Waals surface area (Å²) in [5, 5.41) is 8.10. The normalized spacial score (nSPS) is 23.4. The Morgan fingerprint density at radius 1 is 1.15 bits per heavy atom. The summed E-state index contributed by atoms with van der Waals surface area (Å²) in [5.41, 5.74) is 0.947. The van der Waals surface area contributed by atoms with Gasteiger partial charge in [0, 0.05) is 38.5 Å². The highest BCUT2D eigenvalue weighted by Crippen LogP contribution is 2.25. The lowest BCUT2D eigenvalue weighted by Gasteiger charge is -2.30. The van der Waals surface area contributed by atoms with Gasteiger partial charge in [0.1, 0.15) is 11.6 Å². The number of anilines is 2. The molecule has 1 aliphatic heterocycles. The van der Waals surface area contributed by atoms with Crippen molar-refractivity contribution in [3.05, 3.63) is 24.0 Å². The van der Waals surface area contributed by atoms with Crippen molar-refractivity contribution in [1.82, 2.24) is 19.7 Å². The zero-order chi connectivity index (χ0) is 18.6. The van der Waals surface area contributed by atoms with Gasteiger partial charge in [0.25, 0.3) is 5.95 Å². The highest BCUT2D eigenvalue weighted by atomic mass is 16.5. The molecule has 1 aliphatic carbocycles. The van der Waals surface area contributed by atoms with Crippen molar-refractivity contribution < 1.29 is 9.47 Å². The van der Waals surface area contributed by atoms with Gasteiger partial charge in [-0.3, -0.25) is 0 Å². The maximum Gasteiger partial charge on any atom is 0.254 e. The first-order valence-electron chi connectivity index (χ1n) is 9.75. The van der Waals surface area contributed by atoms with E-state index >= 15 is 0 Å². The van der Waals surface area contributed by atoms with E-state index < -0.39 is 0 Å². The largest absolute Gasteiger partial charge is 0.381 e. The first kappa shape index (κ1) is 18.2. The van der Waals surface area contributed by atoms with Crippen LogP contribution in [0.2, 0.25) is 0 Å². The second kappa shape index (κ2) is 8.22. The van der Waals surface area contributed by atoms with Gasteiger partial charge >= 0.3 is 0 Å². The van der Waals surface area contributed by atoms with Gasteiger partial charge in [0.15, 0.2) is 0 Å². The molecule has 0 bridgehead atoms. The standard InChI is InChI=1S/C19H28N6O2/c1-14-7-8-25(23-14)19-21-17(20-15-3-5-16(26-2)6-4-15)13-18(22-19)24-9-11-27-12-10-24/h7-8,13,15-16H,3-6,9-12H2,1-2H3,(H,20,21,22). The smallest absolute Gasteiger partial charge is 0.254 e. The zero-order valence-electron chi connectivity index (χ0n) is 16.1. The second-order valence-electron chi connectivity index (χ2n) is 7.27. The molecule has 1 saturated heterocycles. The van der Waals surface area contributed by atoms with E-state index in [2.05, 4.69) is 15.3 Å². The molecule has 0 amide bonds. The number of methoxy groups -OCH3 is 1. The average molecular weight is 372 g/mol. The molecule has 0 radical (unpaired) electrons. The highest BCUT2D eigenvalue weighted by molar-refractivity contribution is 5.52. The van der Waals surface area contributed by atoms with Gasteiger partial charge < -0.3 is 19.7 Å². The van der Waals surface area contributed by atoms with Crippen molar-refractivity contribution >= 4 is 11.6 Å². The molecule has 8 heteroatoms. The number of morpholine rings is 1. The van der Waals surface area contributed by atoms with Gasteiger partial charge in [-0.05, 0) is 38.7 Å². The van der Waals surface area contributed by atoms with Crippen LogP contribution in [0.5, 0.6) is 0 Å². The Morgan fingerprint density at radius 3 is 2.59 bits per heavy atom. The molecule has 0 aromatic carbocycles. The molecular weight excluding hydrogens is 344 g/mol. The van der Waals surface area contributed by atoms with Gasteiger partial charge in [-0.2, -0.15) is 15.1 Å². The van der Waals surface area contributed by atoms with Crippen molar-refractivity contribution in [3.63, 3.8) is 0 Å². The monoisotopic (exact) mass is 372 g/mol. The number of hydrogen-bond donors (Lipinski definition) is 1. The van der Waals surface area contributed by atoms with E-state index in [-0.39, 0.29) is 0 Å². The predicted molar refractivity (Wildman–Crippen MR) is 104 cm³/mol. The van der Waals surface area contributed by atoms with Crippen LogP contribution in [0.3, 0.4) is 0 Å². The summed E-state index contributed by atoms with van der Waals surface area (Å²) in [4.78, 5) is 11.7. The summed E-state index contributed by atoms with van der Waals surface area (Å²) in [6.45, 7) is 5.10. The molecule has 0 spiro atoms. The number of hydrogen-bond acceptors (Lipinski definition) is 7. The van der Waals surface area contributed by atoms with Gasteiger partial charge in [-0.25, -0.2) is 4.68 Å². The minimum atomic E-state index is 0.389. The Balaban J connectivity index is 1.57. The lowest BCUT2D eigenvalue weighted by atomic mass is 9.93. The Labute approximate surface area is 159 Å². The third-order valence-corrected chi connectivity index (χ3v) is 5.32. The van der Waals surface area contributed by atoms with Crippen LogP contribution in [0.4, 0.5) is 11.6 Å². The van der Waals surface area contributed by atoms with Crippen LogP contribution in [-0.4, -0.2) is 65.3 Å². The number of nitrogens with zero attached hydrogens (tertiary/aromatic N) is 5. The highest BCUT2D eigenvalue weighted by Gasteiger charge is 2.22. The van der Waals surface area contributed by atoms with Crippen LogP contribution in [0.1, 0.15) is 31.4 Å². The van der Waals surface area contributed by atoms with Gasteiger partial charge in [0.05, 0.1) is 25.0 Å². The molecule has 27 heavy (non-hydrogen) atoms. The first-order chi connectivity index (χ1) is 13.2. The lowest BCUT2D eigenvalue weighted by molar-refractivity contribution is 0.0681. The quantitative estimate of drug-likeness (QED) is 0.862. The van der Waals surface area contributed by atoms with E-state index in [9.17, 15) is 0 Å². The first-order valence-corrected chi connectivity index (χ1v) is 9.75. The fourth-order valence-corrected chi connectivity index (χ4v) is 3.73. The molecule has 3 heterocycles. The summed E-state index contributed by atoms with van der Waals surface area (Å²) < 4.78 is 12.7. The fraction of sp³-hybridized carbons (Fsp3) is 0.632. The maximum absolute atomic E-state index is 5.48. The number of ether oxygens (including phenoxy) is 2. The molecule has 1 N–H and O–H groups in total. The zero-order valence-corrected chi connectivity index (χ0v) is 16.1. The number of rotatable bonds is 5. The molecule has 8 nitrogen and oxygen atoms in total. The Hall–Kier alpha value is -2.19. The van der Waals surface area contributed by atoms with E-state index in [1.807, 2.05) is 25.3 Å². The minimum absolute atomic E-state index is 0.389. The van der Waals surface area contributed by atoms with Crippen LogP contribution < -0.4 is 10.2 Å². The molecule has 146 valence electrons. The van der Waals surface area contributed by atoms with E-state index in [0.717, 1.165) is 69.3 Å². The molecule has 0 unspecified atom stereocenters. The average Bonchev–Trinajstić information content (AvgIpc) is 3.15. The van der Waals surface area contributed by atoms with Crippen molar-refractivity contribution in [2.24, 2.45) is 0 Å². The number of nitrogens with one attached hydrogen (secondary N) is 1. The lowest BCUT2D eigenvalue weighted by Crippen LogP contribution is -2.37. The fourth-order valence-electron chi connectivity index (χ4n) is 3.73. The van der Waals surface area contributed by atoms with Gasteiger partial charge in [-0.15, -0.1) is 0 Å². The molecule has 1 saturated carbocycles. The Kier molecular flexibility index (Phi) is 5.54. The van der Waals surface area contributed by atoms with Crippen molar-refractivity contribution in [3.8, 4) is 5.95 Å². The van der Waals surface area contributed by atoms with E-state index in [1.165, 1.54) is 0 Å². The van der Waals surface area contributed by atoms with Crippen molar-refractivity contribution in [2.75, 3.05) is 43.6 Å². The molecule has 2 aliphatic rings. The minimum Gasteiger partial charge on any atom is -0.381 e. The summed E-state index contributed by atoms with van der Waals surface area (Å²) >= 11 is 0. The predicted octanol–water partition coefficient (Wildman–Crippen LogP) is 2.18. The van der Waals surface area contributed by atoms with E-state index in [4.69, 9.17) is 19.4 Å². The molecule has 2 aromatic heterocycles. The maximum atomic E-state index is 5.48. The summed E-state index contributed by atoms with van der Waals surface area (Å²) in [5.74, 6) is 2.38. The Bertz CT molecular complexity index is 750. The van der Waals surface area contributed by atoms with Crippen LogP contribution in [0, 0.1) is 6.92 Å². The number of aromatic nitrogens is 4. The molecule has 0 atom stereocenters. The summed E-state index contributed by atoms with van der Waals surface area (Å²) in [6, 6.07) is 4.42. The summed E-state index contributed by atoms with van der Waals surface area (Å²) in [7, 11) is 1.80. The summed E-state index contributed by atoms with van der Waals surface area (Å²) in [6.07, 6.45) is 6.64. The molecule has 4 rings (SSSR count). The van der Waals surface area contributed by atoms with Crippen LogP contribution in [0.15, 0.2) is 18.3 Å². The van der Waals surface area contributed by atoms with E-state index in [0.29, 0.717) is 18.1 Å². The van der Waals surface area contributed by atoms with Gasteiger partial charge in [-0.1, -0.05) is 0 Å². The van der Waals surface area contributed by atoms with E-state index in [1.54, 1.807) is 11.8 Å². The second-order valence-corrected chi connectivity index (χ2v) is 7.27. The third kappa shape index (κ3) is 4.39. The SMILES string of the molecule is COC1CCC(Nc2cc(N3CCOCC3)nc(-n3ccc(C)n3)n2)CC1. The molecule has 2 fully saturated rings. The van der Waals surface area contributed by atoms with Crippen molar-refractivity contribution in [1.29, 1.82) is 0 Å². The van der Waals surface area contributed by atoms with Crippen molar-refractivity contribution in [2.45, 2.75) is 44.8 Å². The van der Waals surface area contributed by atoms with Crippen LogP contribution >= 0.6 is 0 Å². The Morgan fingerprint density at radius 2 is 1.93 bits per heavy atom. The third-order valence-electron chi connectivity index (χ3n) is 5.32. The molecular formula is C19H28N6O2. The van der Waals surface area contributed by atoms with Crippen LogP contribution in [0.25, 0.3) is 5.95 Å². The number of aryl methyl sites for hydroxylation is 1.